The highest BCUT2D eigenvalue weighted by molar-refractivity contribution is 5.81. The van der Waals surface area contributed by atoms with Crippen LogP contribution in [-0.4, -0.2) is 34.7 Å². The summed E-state index contributed by atoms with van der Waals surface area (Å²) in [7, 11) is 0. The molecule has 6 heteroatoms. The van der Waals surface area contributed by atoms with Gasteiger partial charge in [-0.2, -0.15) is 0 Å². The van der Waals surface area contributed by atoms with Crippen LogP contribution in [-0.2, 0) is 19.1 Å². The van der Waals surface area contributed by atoms with E-state index in [2.05, 4.69) is 31.1 Å². The maximum Gasteiger partial charge on any atom is 0.330 e. The van der Waals surface area contributed by atoms with Gasteiger partial charge in [-0.3, -0.25) is 4.79 Å². The molecule has 0 saturated carbocycles. The van der Waals surface area contributed by atoms with Crippen molar-refractivity contribution in [3.8, 4) is 0 Å². The molecule has 0 amide bonds. The summed E-state index contributed by atoms with van der Waals surface area (Å²) in [5.41, 5.74) is 0. The van der Waals surface area contributed by atoms with E-state index in [4.69, 9.17) is 15.0 Å². The summed E-state index contributed by atoms with van der Waals surface area (Å²) >= 11 is 0. The molecule has 0 aliphatic carbocycles. The van der Waals surface area contributed by atoms with Crippen molar-refractivity contribution in [2.45, 2.75) is 26.7 Å². The Bertz CT molecular complexity index is 279. The van der Waals surface area contributed by atoms with Gasteiger partial charge in [0.2, 0.25) is 0 Å². The van der Waals surface area contributed by atoms with E-state index in [9.17, 15) is 9.59 Å². The molecule has 0 aromatic heterocycles. The van der Waals surface area contributed by atoms with Crippen molar-refractivity contribution in [2.24, 2.45) is 0 Å². The molecule has 0 rings (SSSR count). The maximum atomic E-state index is 10.3. The van der Waals surface area contributed by atoms with E-state index in [0.717, 1.165) is 25.8 Å². The minimum atomic E-state index is -0.981. The lowest BCUT2D eigenvalue weighted by atomic mass is 10.4. The van der Waals surface area contributed by atoms with Crippen LogP contribution in [0.1, 0.15) is 26.7 Å². The number of hydrogen-bond acceptors (Lipinski definition) is 4. The molecule has 0 saturated heterocycles. The molecule has 20 heavy (non-hydrogen) atoms. The Hall–Kier alpha value is -2.37. The predicted molar refractivity (Wildman–Crippen MR) is 78.5 cm³/mol. The van der Waals surface area contributed by atoms with Crippen LogP contribution in [0.25, 0.3) is 0 Å². The zero-order valence-electron chi connectivity index (χ0n) is 12.1. The number of ether oxygens (including phenoxy) is 1. The summed E-state index contributed by atoms with van der Waals surface area (Å²) in [5, 5.41) is 15.0. The van der Waals surface area contributed by atoms with E-state index in [1.54, 1.807) is 0 Å². The molecule has 0 aromatic carbocycles. The second-order valence-corrected chi connectivity index (χ2v) is 2.79. The first-order valence-electron chi connectivity index (χ1n) is 5.65. The highest BCUT2D eigenvalue weighted by atomic mass is 16.5. The molecule has 0 bridgehead atoms. The first-order valence-corrected chi connectivity index (χ1v) is 5.65. The number of hydrogen-bond donors (Lipinski definition) is 2. The number of aliphatic carboxylic acids is 2. The molecule has 0 aromatic rings. The van der Waals surface area contributed by atoms with Crippen LogP contribution in [0.3, 0.4) is 0 Å². The average molecular weight is 288 g/mol. The first kappa shape index (κ1) is 26.2. The Kier molecular flexibility index (Phi) is 33.4. The molecule has 0 fully saturated rings. The van der Waals surface area contributed by atoms with Gasteiger partial charge < -0.3 is 14.9 Å². The van der Waals surface area contributed by atoms with Gasteiger partial charge in [-0.05, 0) is 6.42 Å². The summed E-state index contributed by atoms with van der Waals surface area (Å²) < 4.78 is 4.67. The summed E-state index contributed by atoms with van der Waals surface area (Å²) in [6.45, 7) is 15.9. The van der Waals surface area contributed by atoms with Gasteiger partial charge in [0.1, 0.15) is 0 Å². The van der Waals surface area contributed by atoms with Gasteiger partial charge in [-0.25, -0.2) is 9.59 Å². The van der Waals surface area contributed by atoms with E-state index in [1.807, 2.05) is 6.92 Å². The molecule has 0 aliphatic heterocycles. The van der Waals surface area contributed by atoms with Crippen molar-refractivity contribution in [1.29, 1.82) is 0 Å². The second kappa shape index (κ2) is 25.5. The van der Waals surface area contributed by atoms with Crippen LogP contribution in [0.15, 0.2) is 38.5 Å². The number of rotatable bonds is 5. The molecule has 6 nitrogen and oxygen atoms in total. The first-order chi connectivity index (χ1) is 9.31. The minimum absolute atomic E-state index is 0.330. The molecular weight excluding hydrogens is 264 g/mol. The van der Waals surface area contributed by atoms with Crippen LogP contribution >= 0.6 is 0 Å². The van der Waals surface area contributed by atoms with Crippen molar-refractivity contribution >= 4 is 17.9 Å². The number of carbonyl (C=O) groups excluding carboxylic acids is 1. The molecule has 0 atom stereocenters. The highest BCUT2D eigenvalue weighted by Crippen LogP contribution is 1.88. The Morgan fingerprint density at radius 2 is 1.45 bits per heavy atom. The fourth-order valence-corrected chi connectivity index (χ4v) is 0.376. The van der Waals surface area contributed by atoms with Gasteiger partial charge in [0.05, 0.1) is 6.61 Å². The molecule has 0 heterocycles. The number of esters is 1. The van der Waals surface area contributed by atoms with E-state index in [1.165, 1.54) is 6.08 Å². The van der Waals surface area contributed by atoms with Crippen molar-refractivity contribution in [2.75, 3.05) is 6.61 Å². The fourth-order valence-electron chi connectivity index (χ4n) is 0.376. The third-order valence-corrected chi connectivity index (χ3v) is 1.08. The molecule has 0 radical (unpaired) electrons. The smallest absolute Gasteiger partial charge is 0.330 e. The quantitative estimate of drug-likeness (QED) is 0.349. The van der Waals surface area contributed by atoms with Crippen LogP contribution in [0.2, 0.25) is 0 Å². The monoisotopic (exact) mass is 288 g/mol. The SMILES string of the molecule is C=C.C=CC(=O)O.C=CC(=O)OCCCC.CC(=O)O. The van der Waals surface area contributed by atoms with Gasteiger partial charge in [-0.1, -0.05) is 26.5 Å². The Morgan fingerprint density at radius 1 is 1.10 bits per heavy atom. The van der Waals surface area contributed by atoms with E-state index in [-0.39, 0.29) is 5.97 Å². The van der Waals surface area contributed by atoms with Gasteiger partial charge >= 0.3 is 11.9 Å². The van der Waals surface area contributed by atoms with Crippen LogP contribution in [0.4, 0.5) is 0 Å². The maximum absolute atomic E-state index is 10.3. The molecule has 0 unspecified atom stereocenters. The number of carboxylic acid groups (broad SMARTS) is 2. The van der Waals surface area contributed by atoms with E-state index < -0.39 is 11.9 Å². The van der Waals surface area contributed by atoms with Crippen molar-refractivity contribution in [3.05, 3.63) is 38.5 Å². The van der Waals surface area contributed by atoms with Gasteiger partial charge in [0.15, 0.2) is 0 Å². The standard InChI is InChI=1S/C7H12O2.C3H4O2.C2H4O2.C2H4/c1-3-5-6-9-7(8)4-2;1-2-3(4)5;1-2(3)4;1-2/h4H,2-3,5-6H2,1H3;2H,1H2,(H,4,5);1H3,(H,3,4);1-2H2. The minimum Gasteiger partial charge on any atom is -0.481 e. The topological polar surface area (TPSA) is 101 Å². The van der Waals surface area contributed by atoms with Gasteiger partial charge in [0, 0.05) is 19.1 Å². The lowest BCUT2D eigenvalue weighted by molar-refractivity contribution is -0.138. The van der Waals surface area contributed by atoms with Crippen molar-refractivity contribution < 1.29 is 29.3 Å². The molecule has 0 spiro atoms. The highest BCUT2D eigenvalue weighted by Gasteiger charge is 1.91. The summed E-state index contributed by atoms with van der Waals surface area (Å²) in [6.07, 6.45) is 3.99. The van der Waals surface area contributed by atoms with E-state index in [0.29, 0.717) is 6.61 Å². The normalized spacial score (nSPS) is 6.90. The zero-order chi connectivity index (χ0) is 17.0. The van der Waals surface area contributed by atoms with Crippen LogP contribution < -0.4 is 0 Å². The Morgan fingerprint density at radius 3 is 1.65 bits per heavy atom. The second-order valence-electron chi connectivity index (χ2n) is 2.79. The zero-order valence-corrected chi connectivity index (χ0v) is 12.1. The molecule has 2 N–H and O–H groups in total. The lowest BCUT2D eigenvalue weighted by Crippen LogP contribution is -2.00. The largest absolute Gasteiger partial charge is 0.481 e. The fraction of sp³-hybridized carbons (Fsp3) is 0.357. The van der Waals surface area contributed by atoms with Crippen LogP contribution in [0.5, 0.6) is 0 Å². The Labute approximate surface area is 120 Å². The molecule has 0 aliphatic rings. The van der Waals surface area contributed by atoms with Crippen molar-refractivity contribution in [1.82, 2.24) is 0 Å². The third kappa shape index (κ3) is 76.1. The summed E-state index contributed by atoms with van der Waals surface area (Å²) in [5.74, 6) is -2.14. The average Bonchev–Trinajstić information content (AvgIpc) is 2.41. The van der Waals surface area contributed by atoms with Gasteiger partial charge in [0.25, 0.3) is 5.97 Å². The predicted octanol–water partition coefficient (Wildman–Crippen LogP) is 2.67. The Balaban J connectivity index is -0.0000000990. The van der Waals surface area contributed by atoms with E-state index >= 15 is 0 Å². The van der Waals surface area contributed by atoms with Crippen LogP contribution in [0, 0.1) is 0 Å². The number of carboxylic acids is 2. The lowest BCUT2D eigenvalue weighted by Gasteiger charge is -1.97. The van der Waals surface area contributed by atoms with Gasteiger partial charge in [-0.15, -0.1) is 13.2 Å². The molecule has 116 valence electrons. The number of carbonyl (C=O) groups is 3. The molecular formula is C14H24O6. The van der Waals surface area contributed by atoms with Crippen molar-refractivity contribution in [3.63, 3.8) is 0 Å². The number of unbranched alkanes of at least 4 members (excludes halogenated alkanes) is 1. The summed E-state index contributed by atoms with van der Waals surface area (Å²) in [4.78, 5) is 28.6. The summed E-state index contributed by atoms with van der Waals surface area (Å²) in [6, 6.07) is 0. The third-order valence-electron chi connectivity index (χ3n) is 1.08.